The number of benzene rings is 1. The lowest BCUT2D eigenvalue weighted by Crippen LogP contribution is -2.16. The van der Waals surface area contributed by atoms with Crippen LogP contribution in [-0.2, 0) is 14.2 Å². The van der Waals surface area contributed by atoms with Gasteiger partial charge in [-0.05, 0) is 18.7 Å². The minimum atomic E-state index is -0.183. The highest BCUT2D eigenvalue weighted by atomic mass is 35.5. The maximum Gasteiger partial charge on any atom is 0.147 e. The number of methoxy groups -OCH3 is 1. The molecule has 2 unspecified atom stereocenters. The van der Waals surface area contributed by atoms with Crippen molar-refractivity contribution in [2.45, 2.75) is 20.0 Å². The van der Waals surface area contributed by atoms with Crippen LogP contribution in [0.3, 0.4) is 0 Å². The Kier molecular flexibility index (Phi) is 9.10. The molecule has 4 nitrogen and oxygen atoms in total. The van der Waals surface area contributed by atoms with Gasteiger partial charge in [0.1, 0.15) is 13.5 Å². The molecule has 0 amide bonds. The summed E-state index contributed by atoms with van der Waals surface area (Å²) in [7, 11) is 1.60. The maximum atomic E-state index is 6.26. The van der Waals surface area contributed by atoms with E-state index in [-0.39, 0.29) is 18.8 Å². The average Bonchev–Trinajstić information content (AvgIpc) is 2.49. The van der Waals surface area contributed by atoms with E-state index in [1.807, 2.05) is 37.3 Å². The van der Waals surface area contributed by atoms with Gasteiger partial charge in [-0.15, -0.1) is 0 Å². The lowest BCUT2D eigenvalue weighted by atomic mass is 9.97. The summed E-state index contributed by atoms with van der Waals surface area (Å²) in [4.78, 5) is 0. The van der Waals surface area contributed by atoms with Crippen LogP contribution in [0.5, 0.6) is 0 Å². The molecule has 0 spiro atoms. The van der Waals surface area contributed by atoms with Crippen molar-refractivity contribution in [3.63, 3.8) is 0 Å². The van der Waals surface area contributed by atoms with Crippen LogP contribution >= 0.6 is 11.6 Å². The molecular formula is C16H24ClNO3. The number of nitrogens with one attached hydrogen (secondary N) is 1. The van der Waals surface area contributed by atoms with Crippen molar-refractivity contribution in [2.24, 2.45) is 5.92 Å². The largest absolute Gasteiger partial charge is 0.486 e. The van der Waals surface area contributed by atoms with Gasteiger partial charge < -0.3 is 14.2 Å². The van der Waals surface area contributed by atoms with Crippen LogP contribution < -0.4 is 5.32 Å². The van der Waals surface area contributed by atoms with Gasteiger partial charge in [0.25, 0.3) is 0 Å². The molecule has 2 atom stereocenters. The zero-order valence-electron chi connectivity index (χ0n) is 12.8. The predicted octanol–water partition coefficient (Wildman–Crippen LogP) is 3.74. The molecule has 0 fully saturated rings. The summed E-state index contributed by atoms with van der Waals surface area (Å²) in [6.45, 7) is 5.67. The molecule has 1 aromatic carbocycles. The lowest BCUT2D eigenvalue weighted by molar-refractivity contribution is -0.0851. The number of ether oxygens (including phenoxy) is 3. The van der Waals surface area contributed by atoms with Crippen LogP contribution in [0, 0.1) is 5.92 Å². The van der Waals surface area contributed by atoms with Crippen LogP contribution in [-0.4, -0.2) is 27.2 Å². The standard InChI is InChI=1S/C16H24ClNO3/c1-4-18-11-20-10-9-13(2)16(21-12-19-3)14-7-5-6-8-15(14)17/h5-10,13,16,18H,4,11-12H2,1-3H3. The van der Waals surface area contributed by atoms with Crippen LogP contribution in [0.15, 0.2) is 36.6 Å². The van der Waals surface area contributed by atoms with E-state index in [2.05, 4.69) is 12.2 Å². The molecule has 0 saturated heterocycles. The number of hydrogen-bond donors (Lipinski definition) is 1. The van der Waals surface area contributed by atoms with Crippen LogP contribution in [0.4, 0.5) is 0 Å². The fraction of sp³-hybridized carbons (Fsp3) is 0.500. The highest BCUT2D eigenvalue weighted by Gasteiger charge is 2.20. The second kappa shape index (κ2) is 10.6. The molecule has 0 aliphatic carbocycles. The van der Waals surface area contributed by atoms with Crippen LogP contribution in [0.1, 0.15) is 25.5 Å². The first-order chi connectivity index (χ1) is 10.2. The molecule has 1 aromatic rings. The molecule has 0 aliphatic heterocycles. The van der Waals surface area contributed by atoms with E-state index in [1.165, 1.54) is 0 Å². The number of halogens is 1. The monoisotopic (exact) mass is 313 g/mol. The van der Waals surface area contributed by atoms with Gasteiger partial charge in [-0.2, -0.15) is 0 Å². The van der Waals surface area contributed by atoms with Crippen molar-refractivity contribution in [1.82, 2.24) is 5.32 Å². The Hall–Kier alpha value is -1.07. The normalized spacial score (nSPS) is 14.3. The quantitative estimate of drug-likeness (QED) is 0.406. The van der Waals surface area contributed by atoms with Gasteiger partial charge in [-0.1, -0.05) is 43.6 Å². The Morgan fingerprint density at radius 3 is 2.76 bits per heavy atom. The van der Waals surface area contributed by atoms with E-state index in [1.54, 1.807) is 13.4 Å². The Balaban J connectivity index is 2.70. The van der Waals surface area contributed by atoms with Crippen molar-refractivity contribution < 1.29 is 14.2 Å². The third-order valence-corrected chi connectivity index (χ3v) is 3.31. The highest BCUT2D eigenvalue weighted by Crippen LogP contribution is 2.32. The Labute approximate surface area is 132 Å². The molecule has 0 aliphatic rings. The molecule has 0 saturated carbocycles. The van der Waals surface area contributed by atoms with E-state index in [0.717, 1.165) is 12.1 Å². The minimum absolute atomic E-state index is 0.0988. The fourth-order valence-electron chi connectivity index (χ4n) is 1.86. The molecule has 118 valence electrons. The number of hydrogen-bond acceptors (Lipinski definition) is 4. The zero-order chi connectivity index (χ0) is 15.5. The van der Waals surface area contributed by atoms with Crippen molar-refractivity contribution in [2.75, 3.05) is 27.2 Å². The van der Waals surface area contributed by atoms with Gasteiger partial charge in [0.15, 0.2) is 0 Å². The van der Waals surface area contributed by atoms with Crippen LogP contribution in [0.2, 0.25) is 5.02 Å². The Morgan fingerprint density at radius 1 is 1.33 bits per heavy atom. The molecular weight excluding hydrogens is 290 g/mol. The maximum absolute atomic E-state index is 6.26. The molecule has 0 heterocycles. The van der Waals surface area contributed by atoms with Gasteiger partial charge in [-0.3, -0.25) is 5.32 Å². The van der Waals surface area contributed by atoms with Crippen molar-refractivity contribution in [3.8, 4) is 0 Å². The molecule has 0 bridgehead atoms. The summed E-state index contributed by atoms with van der Waals surface area (Å²) in [6.07, 6.45) is 3.46. The second-order valence-corrected chi connectivity index (χ2v) is 5.02. The van der Waals surface area contributed by atoms with Crippen LogP contribution in [0.25, 0.3) is 0 Å². The van der Waals surface area contributed by atoms with E-state index in [4.69, 9.17) is 25.8 Å². The summed E-state index contributed by atoms with van der Waals surface area (Å²) in [5.41, 5.74) is 0.944. The van der Waals surface area contributed by atoms with E-state index in [9.17, 15) is 0 Å². The molecule has 1 N–H and O–H groups in total. The Bertz CT molecular complexity index is 426. The molecule has 5 heteroatoms. The van der Waals surface area contributed by atoms with Gasteiger partial charge in [-0.25, -0.2) is 0 Å². The minimum Gasteiger partial charge on any atom is -0.486 e. The first-order valence-corrected chi connectivity index (χ1v) is 7.42. The summed E-state index contributed by atoms with van der Waals surface area (Å²) < 4.78 is 16.1. The number of rotatable bonds is 10. The Morgan fingerprint density at radius 2 is 2.10 bits per heavy atom. The lowest BCUT2D eigenvalue weighted by Gasteiger charge is -2.23. The first kappa shape index (κ1) is 18.0. The van der Waals surface area contributed by atoms with Gasteiger partial charge in [0.05, 0.1) is 12.4 Å². The van der Waals surface area contributed by atoms with E-state index in [0.29, 0.717) is 11.8 Å². The fourth-order valence-corrected chi connectivity index (χ4v) is 2.10. The third kappa shape index (κ3) is 6.48. The molecule has 1 rings (SSSR count). The van der Waals surface area contributed by atoms with Gasteiger partial charge in [0.2, 0.25) is 0 Å². The summed E-state index contributed by atoms with van der Waals surface area (Å²) in [5.74, 6) is 0.0988. The summed E-state index contributed by atoms with van der Waals surface area (Å²) >= 11 is 6.26. The molecule has 21 heavy (non-hydrogen) atoms. The second-order valence-electron chi connectivity index (χ2n) is 4.62. The van der Waals surface area contributed by atoms with Crippen molar-refractivity contribution in [3.05, 3.63) is 47.2 Å². The first-order valence-electron chi connectivity index (χ1n) is 7.04. The van der Waals surface area contributed by atoms with Gasteiger partial charge >= 0.3 is 0 Å². The van der Waals surface area contributed by atoms with Crippen molar-refractivity contribution in [1.29, 1.82) is 0 Å². The highest BCUT2D eigenvalue weighted by molar-refractivity contribution is 6.31. The average molecular weight is 314 g/mol. The van der Waals surface area contributed by atoms with Gasteiger partial charge in [0, 0.05) is 23.6 Å². The SMILES string of the molecule is CCNCOC=CC(C)C(OCOC)c1ccccc1Cl. The predicted molar refractivity (Wildman–Crippen MR) is 85.1 cm³/mol. The van der Waals surface area contributed by atoms with E-state index < -0.39 is 0 Å². The molecule has 0 aromatic heterocycles. The van der Waals surface area contributed by atoms with E-state index >= 15 is 0 Å². The zero-order valence-corrected chi connectivity index (χ0v) is 13.6. The summed E-state index contributed by atoms with van der Waals surface area (Å²) in [6, 6.07) is 7.67. The third-order valence-electron chi connectivity index (χ3n) is 2.97. The molecule has 0 radical (unpaired) electrons. The topological polar surface area (TPSA) is 39.7 Å². The smallest absolute Gasteiger partial charge is 0.147 e. The summed E-state index contributed by atoms with van der Waals surface area (Å²) in [5, 5.41) is 3.77. The van der Waals surface area contributed by atoms with Crippen molar-refractivity contribution >= 4 is 11.6 Å².